The van der Waals surface area contributed by atoms with Crippen LogP contribution in [0.2, 0.25) is 0 Å². The lowest BCUT2D eigenvalue weighted by Gasteiger charge is -2.17. The zero-order chi connectivity index (χ0) is 18.2. The molecule has 7 heteroatoms. The molecule has 134 valence electrons. The van der Waals surface area contributed by atoms with Crippen LogP contribution in [0.3, 0.4) is 0 Å². The number of amides is 1. The number of hydrogen-bond donors (Lipinski definition) is 1. The van der Waals surface area contributed by atoms with Gasteiger partial charge in [0.05, 0.1) is 0 Å². The zero-order valence-electron chi connectivity index (χ0n) is 14.4. The Balaban J connectivity index is 1.96. The van der Waals surface area contributed by atoms with Crippen LogP contribution in [-0.4, -0.2) is 43.6 Å². The largest absolute Gasteiger partial charge is 0.448 e. The highest BCUT2D eigenvalue weighted by Crippen LogP contribution is 2.24. The molecule has 0 bridgehead atoms. The lowest BCUT2D eigenvalue weighted by Crippen LogP contribution is -2.27. The van der Waals surface area contributed by atoms with Gasteiger partial charge in [0, 0.05) is 36.3 Å². The average molecular weight is 379 g/mol. The first-order chi connectivity index (χ1) is 12.0. The molecule has 0 radical (unpaired) electrons. The molecule has 0 aliphatic carbocycles. The third-order valence-electron chi connectivity index (χ3n) is 3.57. The zero-order valence-corrected chi connectivity index (χ0v) is 16.0. The van der Waals surface area contributed by atoms with Crippen molar-refractivity contribution < 1.29 is 14.3 Å². The maximum absolute atomic E-state index is 12.1. The predicted molar refractivity (Wildman–Crippen MR) is 108 cm³/mol. The molecule has 0 saturated heterocycles. The van der Waals surface area contributed by atoms with E-state index in [1.165, 1.54) is 4.90 Å². The molecule has 0 saturated carbocycles. The number of benzene rings is 2. The Labute approximate surface area is 155 Å². The van der Waals surface area contributed by atoms with E-state index in [1.807, 2.05) is 30.3 Å². The number of carbonyl (C=O) groups excluding carboxylic acids is 2. The molecule has 2 N–H and O–H groups in total. The van der Waals surface area contributed by atoms with Gasteiger partial charge in [-0.05, 0) is 35.9 Å². The first-order valence-electron chi connectivity index (χ1n) is 7.92. The number of hydrogen-bond acceptors (Lipinski definition) is 6. The van der Waals surface area contributed by atoms with Gasteiger partial charge in [0.1, 0.15) is 6.61 Å². The van der Waals surface area contributed by atoms with Crippen LogP contribution in [0, 0.1) is 0 Å². The third kappa shape index (κ3) is 5.66. The molecule has 1 amide bonds. The molecular weight excluding hydrogens is 356 g/mol. The maximum Gasteiger partial charge on any atom is 0.414 e. The fourth-order valence-corrected chi connectivity index (χ4v) is 3.88. The normalized spacial score (nSPS) is 10.7. The van der Waals surface area contributed by atoms with Crippen LogP contribution >= 0.6 is 21.6 Å². The molecule has 0 spiro atoms. The van der Waals surface area contributed by atoms with Crippen molar-refractivity contribution in [2.24, 2.45) is 5.73 Å². The van der Waals surface area contributed by atoms with E-state index in [-0.39, 0.29) is 11.9 Å². The van der Waals surface area contributed by atoms with Crippen LogP contribution in [0.1, 0.15) is 17.3 Å². The van der Waals surface area contributed by atoms with E-state index in [4.69, 9.17) is 10.5 Å². The molecule has 0 fully saturated rings. The fraction of sp³-hybridized carbons (Fsp3) is 0.333. The number of ketones is 1. The highest BCUT2D eigenvalue weighted by molar-refractivity contribution is 8.76. The van der Waals surface area contributed by atoms with Crippen molar-refractivity contribution in [3.63, 3.8) is 0 Å². The highest BCUT2D eigenvalue weighted by Gasteiger charge is 2.13. The molecule has 25 heavy (non-hydrogen) atoms. The first-order valence-corrected chi connectivity index (χ1v) is 10.4. The highest BCUT2D eigenvalue weighted by atomic mass is 33.1. The standard InChI is InChI=1S/C18H22N2O3S2/c1-13(21)14-3-4-16-12-17(6-5-15(16)11-14)20(2)18(22)23-8-10-25-24-9-7-19/h3-6,11-12H,7-10,19H2,1-2H3. The quantitative estimate of drug-likeness (QED) is 0.426. The molecule has 2 rings (SSSR count). The summed E-state index contributed by atoms with van der Waals surface area (Å²) in [7, 11) is 5.01. The lowest BCUT2D eigenvalue weighted by atomic mass is 10.0. The Morgan fingerprint density at radius 2 is 1.76 bits per heavy atom. The molecule has 5 nitrogen and oxygen atoms in total. The van der Waals surface area contributed by atoms with Crippen LogP contribution < -0.4 is 10.6 Å². The summed E-state index contributed by atoms with van der Waals surface area (Å²) in [5.74, 6) is 1.66. The van der Waals surface area contributed by atoms with Gasteiger partial charge in [-0.1, -0.05) is 39.8 Å². The summed E-state index contributed by atoms with van der Waals surface area (Å²) in [6, 6.07) is 11.2. The van der Waals surface area contributed by atoms with E-state index < -0.39 is 0 Å². The van der Waals surface area contributed by atoms with Gasteiger partial charge in [0.15, 0.2) is 5.78 Å². The van der Waals surface area contributed by atoms with Crippen molar-refractivity contribution in [1.29, 1.82) is 0 Å². The number of nitrogens with two attached hydrogens (primary N) is 1. The average Bonchev–Trinajstić information content (AvgIpc) is 2.62. The van der Waals surface area contributed by atoms with Crippen LogP contribution in [0.4, 0.5) is 10.5 Å². The van der Waals surface area contributed by atoms with Gasteiger partial charge in [-0.3, -0.25) is 9.69 Å². The van der Waals surface area contributed by atoms with Crippen molar-refractivity contribution in [1.82, 2.24) is 0 Å². The summed E-state index contributed by atoms with van der Waals surface area (Å²) >= 11 is 0. The van der Waals surface area contributed by atoms with E-state index in [0.29, 0.717) is 18.7 Å². The van der Waals surface area contributed by atoms with Crippen molar-refractivity contribution in [2.75, 3.05) is 36.6 Å². The summed E-state index contributed by atoms with van der Waals surface area (Å²) < 4.78 is 5.28. The molecule has 2 aromatic carbocycles. The Hall–Kier alpha value is -1.70. The Morgan fingerprint density at radius 1 is 1.08 bits per heavy atom. The summed E-state index contributed by atoms with van der Waals surface area (Å²) in [6.07, 6.45) is -0.385. The third-order valence-corrected chi connectivity index (χ3v) is 5.97. The van der Waals surface area contributed by atoms with E-state index >= 15 is 0 Å². The van der Waals surface area contributed by atoms with Crippen molar-refractivity contribution >= 4 is 49.9 Å². The minimum absolute atomic E-state index is 0.0363. The monoisotopic (exact) mass is 378 g/mol. The van der Waals surface area contributed by atoms with Gasteiger partial charge >= 0.3 is 6.09 Å². The van der Waals surface area contributed by atoms with Crippen LogP contribution in [0.5, 0.6) is 0 Å². The Bertz CT molecular complexity index is 752. The number of fused-ring (bicyclic) bond motifs is 1. The second kappa shape index (κ2) is 9.70. The SMILES string of the molecule is CC(=O)c1ccc2cc(N(C)C(=O)OCCSSCCN)ccc2c1. The molecule has 0 atom stereocenters. The van der Waals surface area contributed by atoms with Gasteiger partial charge in [-0.15, -0.1) is 0 Å². The molecule has 0 aromatic heterocycles. The Morgan fingerprint density at radius 3 is 2.48 bits per heavy atom. The first kappa shape index (κ1) is 19.6. The molecular formula is C18H22N2O3S2. The number of anilines is 1. The summed E-state index contributed by atoms with van der Waals surface area (Å²) in [4.78, 5) is 25.1. The topological polar surface area (TPSA) is 72.6 Å². The van der Waals surface area contributed by atoms with Gasteiger partial charge in [0.25, 0.3) is 0 Å². The number of nitrogens with zero attached hydrogens (tertiary/aromatic N) is 1. The number of rotatable bonds is 8. The summed E-state index contributed by atoms with van der Waals surface area (Å²) in [5.41, 5.74) is 6.84. The predicted octanol–water partition coefficient (Wildman–Crippen LogP) is 3.96. The van der Waals surface area contributed by atoms with E-state index in [0.717, 1.165) is 28.0 Å². The lowest BCUT2D eigenvalue weighted by molar-refractivity contribution is 0.101. The van der Waals surface area contributed by atoms with Crippen molar-refractivity contribution in [3.8, 4) is 0 Å². The van der Waals surface area contributed by atoms with Gasteiger partial charge in [-0.25, -0.2) is 4.79 Å². The smallest absolute Gasteiger partial charge is 0.414 e. The van der Waals surface area contributed by atoms with Crippen molar-refractivity contribution in [2.45, 2.75) is 6.92 Å². The van der Waals surface area contributed by atoms with E-state index in [9.17, 15) is 9.59 Å². The molecule has 2 aromatic rings. The van der Waals surface area contributed by atoms with Crippen molar-refractivity contribution in [3.05, 3.63) is 42.0 Å². The maximum atomic E-state index is 12.1. The number of carbonyl (C=O) groups is 2. The fourth-order valence-electron chi connectivity index (χ4n) is 2.19. The van der Waals surface area contributed by atoms with E-state index in [1.54, 1.807) is 41.6 Å². The van der Waals surface area contributed by atoms with Crippen LogP contribution in [-0.2, 0) is 4.74 Å². The second-order valence-corrected chi connectivity index (χ2v) is 8.11. The molecule has 0 aliphatic heterocycles. The van der Waals surface area contributed by atoms with Gasteiger partial charge in [0.2, 0.25) is 0 Å². The van der Waals surface area contributed by atoms with Gasteiger partial charge in [-0.2, -0.15) is 0 Å². The molecule has 0 heterocycles. The number of ether oxygens (including phenoxy) is 1. The minimum atomic E-state index is -0.385. The summed E-state index contributed by atoms with van der Waals surface area (Å²) in [5, 5.41) is 1.93. The molecule has 0 unspecified atom stereocenters. The Kier molecular flexibility index (Phi) is 7.61. The minimum Gasteiger partial charge on any atom is -0.448 e. The van der Waals surface area contributed by atoms with Crippen LogP contribution in [0.25, 0.3) is 10.8 Å². The number of Topliss-reactive ketones (excluding diaryl/α,β-unsaturated/α-hetero) is 1. The molecule has 0 aliphatic rings. The van der Waals surface area contributed by atoms with Gasteiger partial charge < -0.3 is 10.5 Å². The second-order valence-electron chi connectivity index (χ2n) is 5.41. The van der Waals surface area contributed by atoms with E-state index in [2.05, 4.69) is 0 Å². The van der Waals surface area contributed by atoms with Crippen LogP contribution in [0.15, 0.2) is 36.4 Å². The summed E-state index contributed by atoms with van der Waals surface area (Å²) in [6.45, 7) is 2.56.